The average Bonchev–Trinajstić information content (AvgIpc) is 2.47. The van der Waals surface area contributed by atoms with Gasteiger partial charge in [-0.25, -0.2) is 15.0 Å². The van der Waals surface area contributed by atoms with Gasteiger partial charge in [0.1, 0.15) is 11.8 Å². The molecule has 0 saturated carbocycles. The Bertz CT molecular complexity index is 391. The lowest BCUT2D eigenvalue weighted by Gasteiger charge is -2.05. The molecule has 4 nitrogen and oxygen atoms in total. The molecule has 0 aliphatic heterocycles. The van der Waals surface area contributed by atoms with Gasteiger partial charge in [-0.15, -0.1) is 0 Å². The van der Waals surface area contributed by atoms with Gasteiger partial charge in [0.05, 0.1) is 12.5 Å². The van der Waals surface area contributed by atoms with Crippen molar-refractivity contribution >= 4 is 11.2 Å². The van der Waals surface area contributed by atoms with Crippen LogP contribution in [0.3, 0.4) is 0 Å². The molecule has 0 saturated heterocycles. The molecule has 4 heteroatoms. The summed E-state index contributed by atoms with van der Waals surface area (Å²) in [6, 6.07) is 0.393. The molecular weight excluding hydrogens is 152 g/mol. The van der Waals surface area contributed by atoms with Gasteiger partial charge in [0.25, 0.3) is 0 Å². The van der Waals surface area contributed by atoms with Crippen molar-refractivity contribution in [3.05, 3.63) is 18.9 Å². The summed E-state index contributed by atoms with van der Waals surface area (Å²) in [5.74, 6) is 0. The topological polar surface area (TPSA) is 43.6 Å². The predicted octanol–water partition coefficient (Wildman–Crippen LogP) is 1.41. The molecule has 0 unspecified atom stereocenters. The zero-order chi connectivity index (χ0) is 8.55. The maximum Gasteiger partial charge on any atom is 0.163 e. The molecule has 2 heterocycles. The highest BCUT2D eigenvalue weighted by Crippen LogP contribution is 2.12. The third kappa shape index (κ3) is 0.958. The van der Waals surface area contributed by atoms with Crippen LogP contribution in [0.4, 0.5) is 0 Å². The van der Waals surface area contributed by atoms with E-state index in [2.05, 4.69) is 28.8 Å². The largest absolute Gasteiger partial charge is 0.313 e. The molecule has 0 atom stereocenters. The molecular formula is C8H10N4. The molecule has 2 aromatic heterocycles. The van der Waals surface area contributed by atoms with Crippen LogP contribution in [-0.4, -0.2) is 19.5 Å². The lowest BCUT2D eigenvalue weighted by molar-refractivity contribution is 0.612. The highest BCUT2D eigenvalue weighted by atomic mass is 15.1. The molecule has 0 fully saturated rings. The van der Waals surface area contributed by atoms with Crippen LogP contribution in [0.1, 0.15) is 19.9 Å². The summed E-state index contributed by atoms with van der Waals surface area (Å²) in [7, 11) is 0. The Hall–Kier alpha value is -1.45. The Morgan fingerprint density at radius 1 is 1.33 bits per heavy atom. The van der Waals surface area contributed by atoms with Crippen LogP contribution in [0.2, 0.25) is 0 Å². The number of hydrogen-bond acceptors (Lipinski definition) is 3. The Morgan fingerprint density at radius 3 is 2.92 bits per heavy atom. The first-order valence-corrected chi connectivity index (χ1v) is 3.91. The first-order chi connectivity index (χ1) is 5.79. The Kier molecular flexibility index (Phi) is 1.53. The van der Waals surface area contributed by atoms with Crippen molar-refractivity contribution in [3.63, 3.8) is 0 Å². The van der Waals surface area contributed by atoms with E-state index in [-0.39, 0.29) is 0 Å². The van der Waals surface area contributed by atoms with Gasteiger partial charge < -0.3 is 4.57 Å². The smallest absolute Gasteiger partial charge is 0.163 e. The van der Waals surface area contributed by atoms with Gasteiger partial charge in [0.15, 0.2) is 5.65 Å². The van der Waals surface area contributed by atoms with E-state index in [0.29, 0.717) is 6.04 Å². The lowest BCUT2D eigenvalue weighted by Crippen LogP contribution is -1.99. The van der Waals surface area contributed by atoms with Crippen molar-refractivity contribution < 1.29 is 0 Å². The Balaban J connectivity index is 2.70. The van der Waals surface area contributed by atoms with Crippen LogP contribution < -0.4 is 0 Å². The van der Waals surface area contributed by atoms with Gasteiger partial charge >= 0.3 is 0 Å². The maximum absolute atomic E-state index is 4.18. The van der Waals surface area contributed by atoms with Crippen LogP contribution in [0.15, 0.2) is 18.9 Å². The first-order valence-electron chi connectivity index (χ1n) is 3.91. The van der Waals surface area contributed by atoms with E-state index in [1.165, 1.54) is 0 Å². The van der Waals surface area contributed by atoms with Crippen molar-refractivity contribution in [2.24, 2.45) is 0 Å². The maximum atomic E-state index is 4.18. The third-order valence-electron chi connectivity index (χ3n) is 1.79. The van der Waals surface area contributed by atoms with Crippen molar-refractivity contribution in [1.82, 2.24) is 19.5 Å². The Labute approximate surface area is 70.3 Å². The molecule has 12 heavy (non-hydrogen) atoms. The summed E-state index contributed by atoms with van der Waals surface area (Å²) in [5, 5.41) is 0. The summed E-state index contributed by atoms with van der Waals surface area (Å²) in [5.41, 5.74) is 1.76. The van der Waals surface area contributed by atoms with Crippen molar-refractivity contribution in [3.8, 4) is 0 Å². The first kappa shape index (κ1) is 7.21. The fraction of sp³-hybridized carbons (Fsp3) is 0.375. The molecule has 0 aliphatic carbocycles. The standard InChI is InChI=1S/C8H10N4/c1-6(2)12-5-11-7-3-9-4-10-8(7)12/h3-6H,1-2H3. The molecule has 0 aliphatic rings. The van der Waals surface area contributed by atoms with Crippen LogP contribution in [-0.2, 0) is 0 Å². The fourth-order valence-corrected chi connectivity index (χ4v) is 1.16. The highest BCUT2D eigenvalue weighted by molar-refractivity contribution is 5.68. The zero-order valence-corrected chi connectivity index (χ0v) is 7.10. The summed E-state index contributed by atoms with van der Waals surface area (Å²) < 4.78 is 2.02. The molecule has 2 rings (SSSR count). The molecule has 2 aromatic rings. The van der Waals surface area contributed by atoms with E-state index in [0.717, 1.165) is 11.2 Å². The number of imidazole rings is 1. The molecule has 0 spiro atoms. The van der Waals surface area contributed by atoms with E-state index in [9.17, 15) is 0 Å². The van der Waals surface area contributed by atoms with E-state index >= 15 is 0 Å². The minimum absolute atomic E-state index is 0.393. The van der Waals surface area contributed by atoms with Crippen molar-refractivity contribution in [2.45, 2.75) is 19.9 Å². The number of aromatic nitrogens is 4. The van der Waals surface area contributed by atoms with Gasteiger partial charge in [-0.3, -0.25) is 0 Å². The average molecular weight is 162 g/mol. The highest BCUT2D eigenvalue weighted by Gasteiger charge is 2.04. The van der Waals surface area contributed by atoms with Gasteiger partial charge in [-0.2, -0.15) is 0 Å². The van der Waals surface area contributed by atoms with Crippen LogP contribution in [0, 0.1) is 0 Å². The monoisotopic (exact) mass is 162 g/mol. The number of fused-ring (bicyclic) bond motifs is 1. The number of rotatable bonds is 1. The molecule has 0 N–H and O–H groups in total. The predicted molar refractivity (Wildman–Crippen MR) is 45.7 cm³/mol. The molecule has 0 amide bonds. The number of nitrogens with zero attached hydrogens (tertiary/aromatic N) is 4. The quantitative estimate of drug-likeness (QED) is 0.636. The fourth-order valence-electron chi connectivity index (χ4n) is 1.16. The number of hydrogen-bond donors (Lipinski definition) is 0. The normalized spacial score (nSPS) is 11.2. The minimum atomic E-state index is 0.393. The summed E-state index contributed by atoms with van der Waals surface area (Å²) in [6.45, 7) is 4.20. The van der Waals surface area contributed by atoms with Crippen molar-refractivity contribution in [1.29, 1.82) is 0 Å². The van der Waals surface area contributed by atoms with E-state index in [4.69, 9.17) is 0 Å². The second-order valence-electron chi connectivity index (χ2n) is 2.98. The van der Waals surface area contributed by atoms with Gasteiger partial charge in [-0.1, -0.05) is 0 Å². The Morgan fingerprint density at radius 2 is 2.17 bits per heavy atom. The van der Waals surface area contributed by atoms with Gasteiger partial charge in [0, 0.05) is 6.04 Å². The van der Waals surface area contributed by atoms with E-state index in [1.54, 1.807) is 18.9 Å². The van der Waals surface area contributed by atoms with Crippen LogP contribution in [0.5, 0.6) is 0 Å². The molecule has 62 valence electrons. The lowest BCUT2D eigenvalue weighted by atomic mass is 10.4. The SMILES string of the molecule is CC(C)n1cnc2cncnc21. The zero-order valence-electron chi connectivity index (χ0n) is 7.10. The second-order valence-corrected chi connectivity index (χ2v) is 2.98. The molecule has 0 radical (unpaired) electrons. The minimum Gasteiger partial charge on any atom is -0.313 e. The van der Waals surface area contributed by atoms with Crippen molar-refractivity contribution in [2.75, 3.05) is 0 Å². The van der Waals surface area contributed by atoms with Gasteiger partial charge in [-0.05, 0) is 13.8 Å². The summed E-state index contributed by atoms with van der Waals surface area (Å²) >= 11 is 0. The molecule has 0 aromatic carbocycles. The molecule has 0 bridgehead atoms. The van der Waals surface area contributed by atoms with Crippen LogP contribution in [0.25, 0.3) is 11.2 Å². The van der Waals surface area contributed by atoms with Crippen LogP contribution >= 0.6 is 0 Å². The second kappa shape index (κ2) is 2.55. The summed E-state index contributed by atoms with van der Waals surface area (Å²) in [4.78, 5) is 12.2. The summed E-state index contributed by atoms with van der Waals surface area (Å²) in [6.07, 6.45) is 5.06. The van der Waals surface area contributed by atoms with E-state index in [1.807, 2.05) is 4.57 Å². The third-order valence-corrected chi connectivity index (χ3v) is 1.79. The van der Waals surface area contributed by atoms with Gasteiger partial charge in [0.2, 0.25) is 0 Å². The van der Waals surface area contributed by atoms with E-state index < -0.39 is 0 Å².